The first-order chi connectivity index (χ1) is 8.33. The Morgan fingerprint density at radius 1 is 1.18 bits per heavy atom. The number of morpholine rings is 1. The summed E-state index contributed by atoms with van der Waals surface area (Å²) in [5, 5.41) is 0. The van der Waals surface area contributed by atoms with Crippen LogP contribution in [0.3, 0.4) is 0 Å². The second kappa shape index (κ2) is 5.09. The van der Waals surface area contributed by atoms with E-state index in [1.165, 1.54) is 23.0 Å². The molecule has 1 heterocycles. The van der Waals surface area contributed by atoms with Crippen molar-refractivity contribution < 1.29 is 4.74 Å². The third-order valence-corrected chi connectivity index (χ3v) is 4.35. The lowest BCUT2D eigenvalue weighted by atomic mass is 10.1. The number of benzene rings is 1. The fraction of sp³-hybridized carbons (Fsp3) is 0.571. The molecule has 2 nitrogen and oxygen atoms in total. The molecule has 0 aromatic heterocycles. The predicted molar refractivity (Wildman–Crippen MR) is 72.2 cm³/mol. The summed E-state index contributed by atoms with van der Waals surface area (Å²) in [6.07, 6.45) is 1.36. The van der Waals surface area contributed by atoms with Gasteiger partial charge in [0.2, 0.25) is 0 Å². The van der Waals surface area contributed by atoms with Crippen LogP contribution in [0, 0.1) is 5.92 Å². The molecule has 2 atom stereocenters. The zero-order valence-electron chi connectivity index (χ0n) is 9.94. The van der Waals surface area contributed by atoms with Crippen molar-refractivity contribution >= 4 is 15.9 Å². The van der Waals surface area contributed by atoms with Gasteiger partial charge in [-0.2, -0.15) is 0 Å². The second-order valence-electron chi connectivity index (χ2n) is 5.07. The van der Waals surface area contributed by atoms with Crippen LogP contribution in [0.15, 0.2) is 28.7 Å². The molecule has 0 spiro atoms. The molecule has 1 saturated carbocycles. The van der Waals surface area contributed by atoms with Crippen molar-refractivity contribution in [2.45, 2.75) is 12.3 Å². The van der Waals surface area contributed by atoms with Crippen LogP contribution in [0.5, 0.6) is 0 Å². The van der Waals surface area contributed by atoms with Gasteiger partial charge in [-0.3, -0.25) is 4.90 Å². The highest BCUT2D eigenvalue weighted by atomic mass is 79.9. The van der Waals surface area contributed by atoms with Crippen molar-refractivity contribution in [3.63, 3.8) is 0 Å². The maximum absolute atomic E-state index is 5.38. The van der Waals surface area contributed by atoms with Gasteiger partial charge in [-0.1, -0.05) is 28.1 Å². The lowest BCUT2D eigenvalue weighted by Gasteiger charge is -2.26. The summed E-state index contributed by atoms with van der Waals surface area (Å²) in [6, 6.07) is 8.82. The molecule has 92 valence electrons. The topological polar surface area (TPSA) is 12.5 Å². The summed E-state index contributed by atoms with van der Waals surface area (Å²) in [4.78, 5) is 2.55. The van der Waals surface area contributed by atoms with E-state index < -0.39 is 0 Å². The molecule has 0 N–H and O–H groups in total. The van der Waals surface area contributed by atoms with Gasteiger partial charge in [-0.25, -0.2) is 0 Å². The zero-order valence-corrected chi connectivity index (χ0v) is 11.5. The number of hydrogen-bond donors (Lipinski definition) is 0. The highest BCUT2D eigenvalue weighted by Gasteiger charge is 2.39. The third kappa shape index (κ3) is 2.90. The van der Waals surface area contributed by atoms with E-state index in [0.29, 0.717) is 0 Å². The summed E-state index contributed by atoms with van der Waals surface area (Å²) < 4.78 is 6.55. The van der Waals surface area contributed by atoms with E-state index >= 15 is 0 Å². The van der Waals surface area contributed by atoms with Crippen LogP contribution in [0.1, 0.15) is 17.9 Å². The van der Waals surface area contributed by atoms with Crippen molar-refractivity contribution in [1.29, 1.82) is 0 Å². The summed E-state index contributed by atoms with van der Waals surface area (Å²) in [5.74, 6) is 1.67. The fourth-order valence-corrected chi connectivity index (χ4v) is 2.95. The van der Waals surface area contributed by atoms with Gasteiger partial charge in [0.15, 0.2) is 0 Å². The molecule has 0 unspecified atom stereocenters. The van der Waals surface area contributed by atoms with E-state index in [0.717, 1.165) is 38.1 Å². The SMILES string of the molecule is Brc1ccc([C@@H]2C[C@H]2CN2CCOCC2)cc1. The molecule has 2 aliphatic rings. The van der Waals surface area contributed by atoms with Crippen LogP contribution in [0.25, 0.3) is 0 Å². The average Bonchev–Trinajstić information content (AvgIpc) is 3.11. The van der Waals surface area contributed by atoms with Crippen molar-refractivity contribution in [2.24, 2.45) is 5.92 Å². The molecule has 1 aliphatic heterocycles. The van der Waals surface area contributed by atoms with Gasteiger partial charge in [0.05, 0.1) is 13.2 Å². The summed E-state index contributed by atoms with van der Waals surface area (Å²) in [5.41, 5.74) is 1.51. The van der Waals surface area contributed by atoms with E-state index in [4.69, 9.17) is 4.74 Å². The van der Waals surface area contributed by atoms with Crippen molar-refractivity contribution in [2.75, 3.05) is 32.8 Å². The third-order valence-electron chi connectivity index (χ3n) is 3.82. The number of rotatable bonds is 3. The maximum atomic E-state index is 5.38. The Balaban J connectivity index is 1.53. The minimum atomic E-state index is 0.797. The van der Waals surface area contributed by atoms with Crippen molar-refractivity contribution in [1.82, 2.24) is 4.90 Å². The molecule has 1 aliphatic carbocycles. The molecule has 0 amide bonds. The van der Waals surface area contributed by atoms with Crippen LogP contribution >= 0.6 is 15.9 Å². The van der Waals surface area contributed by atoms with Gasteiger partial charge in [0.25, 0.3) is 0 Å². The van der Waals surface area contributed by atoms with Crippen LogP contribution in [0.4, 0.5) is 0 Å². The predicted octanol–water partition coefficient (Wildman–Crippen LogP) is 2.88. The van der Waals surface area contributed by atoms with Gasteiger partial charge < -0.3 is 4.74 Å². The van der Waals surface area contributed by atoms with Crippen LogP contribution in [-0.4, -0.2) is 37.7 Å². The Morgan fingerprint density at radius 3 is 2.59 bits per heavy atom. The molecule has 1 aromatic carbocycles. The zero-order chi connectivity index (χ0) is 11.7. The molecule has 3 rings (SSSR count). The Hall–Kier alpha value is -0.380. The van der Waals surface area contributed by atoms with E-state index in [1.807, 2.05) is 0 Å². The fourth-order valence-electron chi connectivity index (χ4n) is 2.68. The molecule has 2 fully saturated rings. The van der Waals surface area contributed by atoms with Gasteiger partial charge in [0, 0.05) is 24.1 Å². The molecule has 1 saturated heterocycles. The van der Waals surface area contributed by atoms with E-state index in [-0.39, 0.29) is 0 Å². The van der Waals surface area contributed by atoms with Crippen molar-refractivity contribution in [3.8, 4) is 0 Å². The maximum Gasteiger partial charge on any atom is 0.0594 e. The molecule has 0 bridgehead atoms. The smallest absolute Gasteiger partial charge is 0.0594 e. The highest BCUT2D eigenvalue weighted by molar-refractivity contribution is 9.10. The first-order valence-corrected chi connectivity index (χ1v) is 7.18. The number of hydrogen-bond acceptors (Lipinski definition) is 2. The first kappa shape index (κ1) is 11.7. The van der Waals surface area contributed by atoms with Crippen LogP contribution < -0.4 is 0 Å². The Bertz CT molecular complexity index is 372. The normalized spacial score (nSPS) is 29.2. The van der Waals surface area contributed by atoms with Crippen LogP contribution in [-0.2, 0) is 4.74 Å². The number of halogens is 1. The average molecular weight is 296 g/mol. The van der Waals surface area contributed by atoms with Gasteiger partial charge in [-0.05, 0) is 36.0 Å². The lowest BCUT2D eigenvalue weighted by Crippen LogP contribution is -2.37. The largest absolute Gasteiger partial charge is 0.379 e. The number of ether oxygens (including phenoxy) is 1. The molecule has 17 heavy (non-hydrogen) atoms. The molecule has 0 radical (unpaired) electrons. The first-order valence-electron chi connectivity index (χ1n) is 6.38. The Kier molecular flexibility index (Phi) is 3.50. The summed E-state index contributed by atoms with van der Waals surface area (Å²) in [7, 11) is 0. The highest BCUT2D eigenvalue weighted by Crippen LogP contribution is 2.47. The van der Waals surface area contributed by atoms with Crippen molar-refractivity contribution in [3.05, 3.63) is 34.3 Å². The van der Waals surface area contributed by atoms with E-state index in [1.54, 1.807) is 0 Å². The van der Waals surface area contributed by atoms with Gasteiger partial charge >= 0.3 is 0 Å². The minimum Gasteiger partial charge on any atom is -0.379 e. The minimum absolute atomic E-state index is 0.797. The second-order valence-corrected chi connectivity index (χ2v) is 5.98. The standard InChI is InChI=1S/C14H18BrNO/c15-13-3-1-11(2-4-13)14-9-12(14)10-16-5-7-17-8-6-16/h1-4,12,14H,5-10H2/t12-,14-/m0/s1. The van der Waals surface area contributed by atoms with Crippen LogP contribution in [0.2, 0.25) is 0 Å². The lowest BCUT2D eigenvalue weighted by molar-refractivity contribution is 0.0355. The molecular weight excluding hydrogens is 278 g/mol. The quantitative estimate of drug-likeness (QED) is 0.850. The molecule has 1 aromatic rings. The van der Waals surface area contributed by atoms with Gasteiger partial charge in [0.1, 0.15) is 0 Å². The molecule has 3 heteroatoms. The number of nitrogens with zero attached hydrogens (tertiary/aromatic N) is 1. The van der Waals surface area contributed by atoms with E-state index in [9.17, 15) is 0 Å². The van der Waals surface area contributed by atoms with E-state index in [2.05, 4.69) is 45.1 Å². The summed E-state index contributed by atoms with van der Waals surface area (Å²) in [6.45, 7) is 5.31. The monoisotopic (exact) mass is 295 g/mol. The Morgan fingerprint density at radius 2 is 1.88 bits per heavy atom. The molecular formula is C14H18BrNO. The van der Waals surface area contributed by atoms with Gasteiger partial charge in [-0.15, -0.1) is 0 Å². The Labute approximate surface area is 111 Å². The summed E-state index contributed by atoms with van der Waals surface area (Å²) >= 11 is 3.49.